The van der Waals surface area contributed by atoms with E-state index in [0.717, 1.165) is 41.9 Å². The first kappa shape index (κ1) is 20.7. The molecule has 2 aliphatic rings. The van der Waals surface area contributed by atoms with Crippen LogP contribution < -0.4 is 16.0 Å². The monoisotopic (exact) mass is 430 g/mol. The van der Waals surface area contributed by atoms with Gasteiger partial charge in [0.1, 0.15) is 11.6 Å². The topological polar surface area (TPSA) is 99.7 Å². The number of hydrogen-bond donors (Lipinski definition) is 3. The van der Waals surface area contributed by atoms with E-state index in [1.165, 1.54) is 12.8 Å². The molecular weight excluding hydrogens is 400 g/mol. The SMILES string of the molecule is CN=Cc1cc(-c2ccc3nc(N4CCC(NC5(C)CC5)C4)ccc3n2)c(O)c(C)c1N. The van der Waals surface area contributed by atoms with Gasteiger partial charge in [0.15, 0.2) is 0 Å². The Labute approximate surface area is 188 Å². The van der Waals surface area contributed by atoms with Crippen LogP contribution in [0.2, 0.25) is 0 Å². The Morgan fingerprint density at radius 3 is 2.72 bits per heavy atom. The molecule has 0 amide bonds. The summed E-state index contributed by atoms with van der Waals surface area (Å²) in [5.74, 6) is 1.14. The molecule has 2 aromatic heterocycles. The van der Waals surface area contributed by atoms with Crippen molar-refractivity contribution in [3.05, 3.63) is 41.5 Å². The van der Waals surface area contributed by atoms with Crippen LogP contribution >= 0.6 is 0 Å². The molecule has 3 aromatic rings. The summed E-state index contributed by atoms with van der Waals surface area (Å²) in [7, 11) is 1.70. The number of aromatic hydroxyl groups is 1. The number of fused-ring (bicyclic) bond motifs is 1. The first-order valence-electron chi connectivity index (χ1n) is 11.2. The number of nitrogens with one attached hydrogen (secondary N) is 1. The minimum Gasteiger partial charge on any atom is -0.507 e. The van der Waals surface area contributed by atoms with E-state index >= 15 is 0 Å². The van der Waals surface area contributed by atoms with Gasteiger partial charge in [0.2, 0.25) is 0 Å². The van der Waals surface area contributed by atoms with Gasteiger partial charge in [-0.2, -0.15) is 0 Å². The van der Waals surface area contributed by atoms with Crippen molar-refractivity contribution in [2.45, 2.75) is 44.7 Å². The number of phenols is 1. The number of nitrogens with zero attached hydrogens (tertiary/aromatic N) is 4. The summed E-state index contributed by atoms with van der Waals surface area (Å²) < 4.78 is 0. The van der Waals surface area contributed by atoms with E-state index in [2.05, 4.69) is 22.1 Å². The quantitative estimate of drug-likeness (QED) is 0.422. The predicted molar refractivity (Wildman–Crippen MR) is 131 cm³/mol. The first-order valence-corrected chi connectivity index (χ1v) is 11.2. The summed E-state index contributed by atoms with van der Waals surface area (Å²) in [4.78, 5) is 16.1. The largest absolute Gasteiger partial charge is 0.507 e. The number of phenolic OH excluding ortho intramolecular Hbond substituents is 1. The fourth-order valence-electron chi connectivity index (χ4n) is 4.52. The summed E-state index contributed by atoms with van der Waals surface area (Å²) >= 11 is 0. The maximum atomic E-state index is 10.7. The lowest BCUT2D eigenvalue weighted by atomic mass is 10.00. The molecule has 166 valence electrons. The summed E-state index contributed by atoms with van der Waals surface area (Å²) in [6.45, 7) is 6.11. The molecule has 0 radical (unpaired) electrons. The third-order valence-electron chi connectivity index (χ3n) is 6.76. The molecular formula is C25H30N6O. The number of rotatable bonds is 5. The molecule has 1 aromatic carbocycles. The first-order chi connectivity index (χ1) is 15.4. The van der Waals surface area contributed by atoms with Gasteiger partial charge in [0.25, 0.3) is 0 Å². The number of aromatic nitrogens is 2. The number of nitrogens with two attached hydrogens (primary N) is 1. The molecule has 32 heavy (non-hydrogen) atoms. The zero-order valence-corrected chi connectivity index (χ0v) is 18.9. The van der Waals surface area contributed by atoms with Gasteiger partial charge in [-0.1, -0.05) is 0 Å². The average Bonchev–Trinajstić information content (AvgIpc) is 3.33. The number of benzene rings is 1. The van der Waals surface area contributed by atoms with E-state index in [1.54, 1.807) is 20.2 Å². The molecule has 0 spiro atoms. The van der Waals surface area contributed by atoms with Crippen molar-refractivity contribution in [3.8, 4) is 17.0 Å². The maximum Gasteiger partial charge on any atom is 0.129 e. The van der Waals surface area contributed by atoms with Crippen LogP contribution in [0.5, 0.6) is 5.75 Å². The summed E-state index contributed by atoms with van der Waals surface area (Å²) in [5, 5.41) is 14.5. The average molecular weight is 431 g/mol. The zero-order chi connectivity index (χ0) is 22.5. The normalized spacial score (nSPS) is 19.8. The van der Waals surface area contributed by atoms with E-state index in [1.807, 2.05) is 30.3 Å². The third kappa shape index (κ3) is 3.77. The molecule has 1 saturated carbocycles. The van der Waals surface area contributed by atoms with E-state index in [4.69, 9.17) is 15.7 Å². The van der Waals surface area contributed by atoms with E-state index in [-0.39, 0.29) is 5.75 Å². The van der Waals surface area contributed by atoms with Crippen molar-refractivity contribution in [2.24, 2.45) is 4.99 Å². The van der Waals surface area contributed by atoms with Crippen molar-refractivity contribution in [1.82, 2.24) is 15.3 Å². The number of aliphatic imine (C=N–C) groups is 1. The molecule has 1 aliphatic carbocycles. The Bertz CT molecular complexity index is 1220. The standard InChI is InChI=1S/C25H30N6O/c1-15-23(26)16(13-27-3)12-18(24(15)32)19-4-5-21-20(28-19)6-7-22(29-21)31-11-8-17(14-31)30-25(2)9-10-25/h4-7,12-13,17,30,32H,8-11,14,26H2,1-3H3. The summed E-state index contributed by atoms with van der Waals surface area (Å²) in [6, 6.07) is 10.3. The van der Waals surface area contributed by atoms with E-state index in [0.29, 0.717) is 34.1 Å². The number of anilines is 2. The van der Waals surface area contributed by atoms with Crippen LogP contribution in [-0.2, 0) is 0 Å². The Hall–Kier alpha value is -3.19. The van der Waals surface area contributed by atoms with Crippen molar-refractivity contribution in [1.29, 1.82) is 0 Å². The highest BCUT2D eigenvalue weighted by Crippen LogP contribution is 2.37. The minimum absolute atomic E-state index is 0.146. The molecule has 5 rings (SSSR count). The van der Waals surface area contributed by atoms with Crippen LogP contribution in [0.15, 0.2) is 35.3 Å². The fraction of sp³-hybridized carbons (Fsp3) is 0.400. The van der Waals surface area contributed by atoms with E-state index < -0.39 is 0 Å². The third-order valence-corrected chi connectivity index (χ3v) is 6.76. The number of hydrogen-bond acceptors (Lipinski definition) is 7. The van der Waals surface area contributed by atoms with Gasteiger partial charge < -0.3 is 21.1 Å². The van der Waals surface area contributed by atoms with Crippen LogP contribution in [0.25, 0.3) is 22.3 Å². The minimum atomic E-state index is 0.146. The van der Waals surface area contributed by atoms with Gasteiger partial charge in [-0.15, -0.1) is 0 Å². The van der Waals surface area contributed by atoms with E-state index in [9.17, 15) is 5.11 Å². The molecule has 1 aliphatic heterocycles. The highest BCUT2D eigenvalue weighted by Gasteiger charge is 2.40. The second kappa shape index (κ2) is 7.74. The Morgan fingerprint density at radius 1 is 1.22 bits per heavy atom. The van der Waals surface area contributed by atoms with Gasteiger partial charge in [-0.25, -0.2) is 9.97 Å². The van der Waals surface area contributed by atoms with Gasteiger partial charge >= 0.3 is 0 Å². The predicted octanol–water partition coefficient (Wildman–Crippen LogP) is 3.66. The lowest BCUT2D eigenvalue weighted by Crippen LogP contribution is -2.40. The van der Waals surface area contributed by atoms with Gasteiger partial charge in [0.05, 0.1) is 16.7 Å². The van der Waals surface area contributed by atoms with Crippen molar-refractivity contribution in [3.63, 3.8) is 0 Å². The molecule has 2 fully saturated rings. The lowest BCUT2D eigenvalue weighted by Gasteiger charge is -2.21. The van der Waals surface area contributed by atoms with Gasteiger partial charge in [-0.3, -0.25) is 4.99 Å². The Kier molecular flexibility index (Phi) is 5.01. The molecule has 3 heterocycles. The van der Waals surface area contributed by atoms with Crippen LogP contribution in [0, 0.1) is 6.92 Å². The lowest BCUT2D eigenvalue weighted by molar-refractivity contribution is 0.455. The molecule has 7 nitrogen and oxygen atoms in total. The van der Waals surface area contributed by atoms with Crippen LogP contribution in [0.1, 0.15) is 37.3 Å². The van der Waals surface area contributed by atoms with Gasteiger partial charge in [-0.05, 0) is 63.4 Å². The van der Waals surface area contributed by atoms with Crippen LogP contribution in [0.3, 0.4) is 0 Å². The van der Waals surface area contributed by atoms with Gasteiger partial charge in [0, 0.05) is 60.3 Å². The van der Waals surface area contributed by atoms with Crippen LogP contribution in [-0.4, -0.2) is 53.0 Å². The summed E-state index contributed by atoms with van der Waals surface area (Å²) in [5.41, 5.74) is 11.4. The molecule has 1 atom stereocenters. The fourth-order valence-corrected chi connectivity index (χ4v) is 4.52. The summed E-state index contributed by atoms with van der Waals surface area (Å²) in [6.07, 6.45) is 5.40. The Balaban J connectivity index is 1.43. The van der Waals surface area contributed by atoms with Crippen LogP contribution in [0.4, 0.5) is 11.5 Å². The smallest absolute Gasteiger partial charge is 0.129 e. The van der Waals surface area contributed by atoms with Crippen molar-refractivity contribution < 1.29 is 5.11 Å². The zero-order valence-electron chi connectivity index (χ0n) is 18.9. The second-order valence-corrected chi connectivity index (χ2v) is 9.33. The highest BCUT2D eigenvalue weighted by atomic mass is 16.3. The van der Waals surface area contributed by atoms with Crippen molar-refractivity contribution >= 4 is 28.8 Å². The molecule has 1 unspecified atom stereocenters. The molecule has 7 heteroatoms. The highest BCUT2D eigenvalue weighted by molar-refractivity contribution is 5.93. The maximum absolute atomic E-state index is 10.7. The number of nitrogen functional groups attached to an aromatic ring is 1. The van der Waals surface area contributed by atoms with Crippen molar-refractivity contribution in [2.75, 3.05) is 30.8 Å². The molecule has 0 bridgehead atoms. The molecule has 4 N–H and O–H groups in total. The Morgan fingerprint density at radius 2 is 1.97 bits per heavy atom. The second-order valence-electron chi connectivity index (χ2n) is 9.33. The number of pyridine rings is 2. The molecule has 1 saturated heterocycles.